The molecule has 2 aromatic rings. The van der Waals surface area contributed by atoms with Crippen molar-refractivity contribution >= 4 is 5.91 Å². The van der Waals surface area contributed by atoms with Crippen LogP contribution in [0.25, 0.3) is 0 Å². The zero-order chi connectivity index (χ0) is 19.5. The predicted molar refractivity (Wildman–Crippen MR) is 95.0 cm³/mol. The lowest BCUT2D eigenvalue weighted by Crippen LogP contribution is -2.55. The minimum absolute atomic E-state index is 0.429. The Hall–Kier alpha value is -2.35. The van der Waals surface area contributed by atoms with Gasteiger partial charge in [-0.2, -0.15) is 13.2 Å². The van der Waals surface area contributed by atoms with Gasteiger partial charge in [0.25, 0.3) is 0 Å². The highest BCUT2D eigenvalue weighted by molar-refractivity contribution is 5.84. The SMILES string of the molecule is Cc1ccccc1CN1CCC(C(=O)NCC(F)(F)F)(n2ccnc2)CC1. The van der Waals surface area contributed by atoms with Gasteiger partial charge in [0.1, 0.15) is 12.1 Å². The quantitative estimate of drug-likeness (QED) is 0.868. The van der Waals surface area contributed by atoms with Crippen LogP contribution in [0.4, 0.5) is 13.2 Å². The van der Waals surface area contributed by atoms with E-state index in [1.807, 2.05) is 12.1 Å². The molecule has 1 aromatic heterocycles. The Morgan fingerprint density at radius 1 is 1.26 bits per heavy atom. The molecule has 1 saturated heterocycles. The molecule has 27 heavy (non-hydrogen) atoms. The van der Waals surface area contributed by atoms with E-state index in [-0.39, 0.29) is 0 Å². The number of aryl methyl sites for hydroxylation is 1. The highest BCUT2D eigenvalue weighted by atomic mass is 19.4. The molecular weight excluding hydrogens is 357 g/mol. The minimum atomic E-state index is -4.43. The van der Waals surface area contributed by atoms with Crippen LogP contribution in [0, 0.1) is 6.92 Å². The predicted octanol–water partition coefficient (Wildman–Crippen LogP) is 2.86. The summed E-state index contributed by atoms with van der Waals surface area (Å²) in [5.74, 6) is -0.603. The van der Waals surface area contributed by atoms with Crippen molar-refractivity contribution < 1.29 is 18.0 Å². The van der Waals surface area contributed by atoms with E-state index in [1.54, 1.807) is 17.0 Å². The summed E-state index contributed by atoms with van der Waals surface area (Å²) in [7, 11) is 0. The number of hydrogen-bond donors (Lipinski definition) is 1. The van der Waals surface area contributed by atoms with Crippen LogP contribution in [-0.4, -0.2) is 46.2 Å². The monoisotopic (exact) mass is 380 g/mol. The van der Waals surface area contributed by atoms with Crippen LogP contribution in [0.15, 0.2) is 43.0 Å². The highest BCUT2D eigenvalue weighted by Crippen LogP contribution is 2.32. The van der Waals surface area contributed by atoms with E-state index in [0.29, 0.717) is 25.9 Å². The highest BCUT2D eigenvalue weighted by Gasteiger charge is 2.44. The molecule has 1 fully saturated rings. The number of amides is 1. The third kappa shape index (κ3) is 4.50. The Bertz CT molecular complexity index is 766. The topological polar surface area (TPSA) is 50.2 Å². The summed E-state index contributed by atoms with van der Waals surface area (Å²) in [5, 5.41) is 2.06. The number of benzene rings is 1. The van der Waals surface area contributed by atoms with Crippen molar-refractivity contribution in [3.8, 4) is 0 Å². The minimum Gasteiger partial charge on any atom is -0.345 e. The van der Waals surface area contributed by atoms with Gasteiger partial charge in [-0.05, 0) is 30.9 Å². The van der Waals surface area contributed by atoms with Gasteiger partial charge in [0.15, 0.2) is 0 Å². The Kier molecular flexibility index (Phi) is 5.55. The number of carbonyl (C=O) groups is 1. The van der Waals surface area contributed by atoms with Gasteiger partial charge < -0.3 is 9.88 Å². The summed E-state index contributed by atoms with van der Waals surface area (Å²) in [6.07, 6.45) is 1.11. The van der Waals surface area contributed by atoms with Crippen molar-refractivity contribution in [2.75, 3.05) is 19.6 Å². The lowest BCUT2D eigenvalue weighted by atomic mass is 9.85. The Balaban J connectivity index is 1.71. The molecule has 1 aliphatic heterocycles. The first kappa shape index (κ1) is 19.4. The van der Waals surface area contributed by atoms with Gasteiger partial charge in [0.2, 0.25) is 5.91 Å². The molecule has 0 bridgehead atoms. The molecule has 0 atom stereocenters. The maximum atomic E-state index is 12.7. The number of rotatable bonds is 5. The molecule has 2 heterocycles. The normalized spacial score (nSPS) is 17.6. The summed E-state index contributed by atoms with van der Waals surface area (Å²) < 4.78 is 39.3. The van der Waals surface area contributed by atoms with Gasteiger partial charge in [-0.1, -0.05) is 24.3 Å². The van der Waals surface area contributed by atoms with Crippen molar-refractivity contribution in [1.29, 1.82) is 0 Å². The summed E-state index contributed by atoms with van der Waals surface area (Å²) in [5.41, 5.74) is 1.38. The van der Waals surface area contributed by atoms with E-state index >= 15 is 0 Å². The van der Waals surface area contributed by atoms with Crippen molar-refractivity contribution in [3.63, 3.8) is 0 Å². The molecule has 0 saturated carbocycles. The molecular formula is C19H23F3N4O. The molecule has 0 unspecified atom stereocenters. The first-order valence-corrected chi connectivity index (χ1v) is 8.90. The van der Waals surface area contributed by atoms with E-state index in [1.165, 1.54) is 17.5 Å². The maximum Gasteiger partial charge on any atom is 0.405 e. The molecule has 0 spiro atoms. The second-order valence-corrected chi connectivity index (χ2v) is 7.00. The largest absolute Gasteiger partial charge is 0.405 e. The van der Waals surface area contributed by atoms with Crippen LogP contribution in [0.1, 0.15) is 24.0 Å². The molecule has 0 radical (unpaired) electrons. The standard InChI is InChI=1S/C19H23F3N4O/c1-15-4-2-3-5-16(15)12-25-9-6-18(7-10-25,26-11-8-23-14-26)17(27)24-13-19(20,21)22/h2-5,8,11,14H,6-7,9-10,12-13H2,1H3,(H,24,27). The number of aromatic nitrogens is 2. The van der Waals surface area contributed by atoms with Crippen LogP contribution in [0.2, 0.25) is 0 Å². The number of imidazole rings is 1. The molecule has 3 rings (SSSR count). The summed E-state index contributed by atoms with van der Waals surface area (Å²) in [4.78, 5) is 18.9. The average molecular weight is 380 g/mol. The van der Waals surface area contributed by atoms with Gasteiger partial charge in [0, 0.05) is 32.0 Å². The Morgan fingerprint density at radius 2 is 1.96 bits per heavy atom. The fourth-order valence-corrected chi connectivity index (χ4v) is 3.57. The van der Waals surface area contributed by atoms with Crippen molar-refractivity contribution in [2.45, 2.75) is 38.0 Å². The maximum absolute atomic E-state index is 12.7. The number of piperidine rings is 1. The van der Waals surface area contributed by atoms with E-state index < -0.39 is 24.2 Å². The summed E-state index contributed by atoms with van der Waals surface area (Å²) >= 11 is 0. The fourth-order valence-electron chi connectivity index (χ4n) is 3.57. The number of hydrogen-bond acceptors (Lipinski definition) is 3. The second-order valence-electron chi connectivity index (χ2n) is 7.00. The Morgan fingerprint density at radius 3 is 2.56 bits per heavy atom. The molecule has 1 aromatic carbocycles. The average Bonchev–Trinajstić information content (AvgIpc) is 3.17. The molecule has 1 N–H and O–H groups in total. The molecule has 1 amide bonds. The summed E-state index contributed by atoms with van der Waals surface area (Å²) in [6, 6.07) is 8.11. The van der Waals surface area contributed by atoms with Crippen LogP contribution < -0.4 is 5.32 Å². The molecule has 8 heteroatoms. The van der Waals surface area contributed by atoms with Gasteiger partial charge in [0.05, 0.1) is 6.33 Å². The van der Waals surface area contributed by atoms with E-state index in [9.17, 15) is 18.0 Å². The zero-order valence-electron chi connectivity index (χ0n) is 15.2. The zero-order valence-corrected chi connectivity index (χ0v) is 15.2. The first-order valence-electron chi connectivity index (χ1n) is 8.90. The van der Waals surface area contributed by atoms with Gasteiger partial charge in [-0.25, -0.2) is 4.98 Å². The number of halogens is 3. The van der Waals surface area contributed by atoms with Crippen molar-refractivity contribution in [1.82, 2.24) is 19.8 Å². The van der Waals surface area contributed by atoms with Crippen molar-refractivity contribution in [2.24, 2.45) is 0 Å². The number of carbonyl (C=O) groups excluding carboxylic acids is 1. The van der Waals surface area contributed by atoms with Crippen LogP contribution in [0.3, 0.4) is 0 Å². The first-order chi connectivity index (χ1) is 12.8. The number of alkyl halides is 3. The molecule has 1 aliphatic rings. The molecule has 0 aliphatic carbocycles. The van der Waals surface area contributed by atoms with Crippen LogP contribution in [-0.2, 0) is 16.9 Å². The van der Waals surface area contributed by atoms with Crippen LogP contribution in [0.5, 0.6) is 0 Å². The molecule has 5 nitrogen and oxygen atoms in total. The van der Waals surface area contributed by atoms with Gasteiger partial charge in [-0.15, -0.1) is 0 Å². The molecule has 146 valence electrons. The van der Waals surface area contributed by atoms with Crippen molar-refractivity contribution in [3.05, 3.63) is 54.1 Å². The lowest BCUT2D eigenvalue weighted by molar-refractivity contribution is -0.145. The number of nitrogens with zero attached hydrogens (tertiary/aromatic N) is 3. The van der Waals surface area contributed by atoms with E-state index in [4.69, 9.17) is 0 Å². The van der Waals surface area contributed by atoms with E-state index in [0.717, 1.165) is 6.54 Å². The van der Waals surface area contributed by atoms with E-state index in [2.05, 4.69) is 34.3 Å². The Labute approximate surface area is 156 Å². The smallest absolute Gasteiger partial charge is 0.345 e. The number of nitrogens with one attached hydrogen (secondary N) is 1. The fraction of sp³-hybridized carbons (Fsp3) is 0.474. The second kappa shape index (κ2) is 7.72. The summed E-state index contributed by atoms with van der Waals surface area (Å²) in [6.45, 7) is 2.73. The van der Waals surface area contributed by atoms with Gasteiger partial charge in [-0.3, -0.25) is 9.69 Å². The third-order valence-corrected chi connectivity index (χ3v) is 5.21. The van der Waals surface area contributed by atoms with Crippen LogP contribution >= 0.6 is 0 Å². The lowest BCUT2D eigenvalue weighted by Gasteiger charge is -2.41. The third-order valence-electron chi connectivity index (χ3n) is 5.21. The number of likely N-dealkylation sites (tertiary alicyclic amines) is 1. The van der Waals surface area contributed by atoms with Gasteiger partial charge >= 0.3 is 6.18 Å².